The number of imide groups is 1. The van der Waals surface area contributed by atoms with E-state index in [-0.39, 0.29) is 12.2 Å². The van der Waals surface area contributed by atoms with Gasteiger partial charge >= 0.3 is 5.97 Å². The Hall–Kier alpha value is -2.47. The lowest BCUT2D eigenvalue weighted by Gasteiger charge is -2.40. The molecule has 2 heterocycles. The smallest absolute Gasteiger partial charge is 0.338 e. The predicted octanol–water partition coefficient (Wildman–Crippen LogP) is 1.84. The molecule has 0 aromatic heterocycles. The third kappa shape index (κ3) is 2.90. The number of carbonyl (C=O) groups excluding carboxylic acids is 3. The van der Waals surface area contributed by atoms with Crippen LogP contribution in [0.2, 0.25) is 0 Å². The van der Waals surface area contributed by atoms with Gasteiger partial charge in [-0.3, -0.25) is 9.59 Å². The molecule has 23 heavy (non-hydrogen) atoms. The zero-order valence-electron chi connectivity index (χ0n) is 12.8. The Balaban J connectivity index is 1.64. The van der Waals surface area contributed by atoms with Crippen LogP contribution in [-0.2, 0) is 19.1 Å². The number of rotatable bonds is 5. The van der Waals surface area contributed by atoms with Gasteiger partial charge in [0.2, 0.25) is 0 Å². The van der Waals surface area contributed by atoms with Gasteiger partial charge in [-0.25, -0.2) is 9.69 Å². The van der Waals surface area contributed by atoms with Crippen LogP contribution in [0.5, 0.6) is 0 Å². The fourth-order valence-corrected chi connectivity index (χ4v) is 2.57. The van der Waals surface area contributed by atoms with Crippen molar-refractivity contribution in [2.75, 3.05) is 18.1 Å². The second-order valence-corrected chi connectivity index (χ2v) is 5.60. The first kappa shape index (κ1) is 15.4. The maximum absolute atomic E-state index is 12.1. The number of ether oxygens (including phenoxy) is 2. The van der Waals surface area contributed by atoms with Crippen LogP contribution in [-0.4, -0.2) is 36.6 Å². The lowest BCUT2D eigenvalue weighted by molar-refractivity contribution is -0.172. The number of amides is 2. The second-order valence-electron chi connectivity index (χ2n) is 5.60. The lowest BCUT2D eigenvalue weighted by Crippen LogP contribution is -2.47. The standard InChI is InChI=1S/C17H17NO5/c1-2-17(9-10-23-17)11-22-16(21)12-3-5-13(6-4-12)18-14(19)7-8-15(18)20/h3-8H,2,9-11H2,1H3. The Kier molecular flexibility index (Phi) is 4.00. The minimum Gasteiger partial charge on any atom is -0.459 e. The van der Waals surface area contributed by atoms with E-state index in [9.17, 15) is 14.4 Å². The van der Waals surface area contributed by atoms with Gasteiger partial charge in [0.05, 0.1) is 17.9 Å². The van der Waals surface area contributed by atoms with Gasteiger partial charge < -0.3 is 9.47 Å². The molecule has 1 atom stereocenters. The third-order valence-electron chi connectivity index (χ3n) is 4.25. The highest BCUT2D eigenvalue weighted by Crippen LogP contribution is 2.30. The molecule has 6 nitrogen and oxygen atoms in total. The van der Waals surface area contributed by atoms with E-state index in [1.807, 2.05) is 6.92 Å². The fraction of sp³-hybridized carbons (Fsp3) is 0.353. The maximum atomic E-state index is 12.1. The molecule has 2 amide bonds. The van der Waals surface area contributed by atoms with E-state index < -0.39 is 17.8 Å². The van der Waals surface area contributed by atoms with E-state index in [1.165, 1.54) is 24.3 Å². The topological polar surface area (TPSA) is 72.9 Å². The normalized spacial score (nSPS) is 23.1. The molecule has 0 bridgehead atoms. The average molecular weight is 315 g/mol. The quantitative estimate of drug-likeness (QED) is 0.612. The van der Waals surface area contributed by atoms with Crippen molar-refractivity contribution in [1.82, 2.24) is 0 Å². The highest BCUT2D eigenvalue weighted by molar-refractivity contribution is 6.28. The molecule has 1 fully saturated rings. The van der Waals surface area contributed by atoms with Gasteiger partial charge in [-0.2, -0.15) is 0 Å². The predicted molar refractivity (Wildman–Crippen MR) is 81.9 cm³/mol. The summed E-state index contributed by atoms with van der Waals surface area (Å²) in [5.74, 6) is -1.23. The van der Waals surface area contributed by atoms with Crippen molar-refractivity contribution in [2.24, 2.45) is 0 Å². The summed E-state index contributed by atoms with van der Waals surface area (Å²) < 4.78 is 10.8. The molecule has 120 valence electrons. The van der Waals surface area contributed by atoms with E-state index >= 15 is 0 Å². The summed E-state index contributed by atoms with van der Waals surface area (Å²) in [6.07, 6.45) is 4.12. The minimum atomic E-state index is -0.447. The molecule has 0 saturated carbocycles. The van der Waals surface area contributed by atoms with Crippen LogP contribution in [0.3, 0.4) is 0 Å². The highest BCUT2D eigenvalue weighted by atomic mass is 16.6. The monoisotopic (exact) mass is 315 g/mol. The number of hydrogen-bond donors (Lipinski definition) is 0. The van der Waals surface area contributed by atoms with Gasteiger partial charge in [0.25, 0.3) is 11.8 Å². The summed E-state index contributed by atoms with van der Waals surface area (Å²) in [5.41, 5.74) is 0.454. The number of carbonyl (C=O) groups is 3. The van der Waals surface area contributed by atoms with E-state index in [0.717, 1.165) is 17.7 Å². The molecule has 0 spiro atoms. The van der Waals surface area contributed by atoms with Crippen LogP contribution in [0, 0.1) is 0 Å². The molecular weight excluding hydrogens is 298 g/mol. The van der Waals surface area contributed by atoms with Crippen molar-refractivity contribution in [3.8, 4) is 0 Å². The van der Waals surface area contributed by atoms with E-state index in [0.29, 0.717) is 17.9 Å². The molecule has 6 heteroatoms. The molecule has 0 N–H and O–H groups in total. The molecule has 1 unspecified atom stereocenters. The Labute approximate surface area is 133 Å². The van der Waals surface area contributed by atoms with E-state index in [4.69, 9.17) is 9.47 Å². The van der Waals surface area contributed by atoms with E-state index in [2.05, 4.69) is 0 Å². The van der Waals surface area contributed by atoms with Crippen molar-refractivity contribution >= 4 is 23.5 Å². The highest BCUT2D eigenvalue weighted by Gasteiger charge is 2.38. The van der Waals surface area contributed by atoms with E-state index in [1.54, 1.807) is 12.1 Å². The Bertz CT molecular complexity index is 649. The third-order valence-corrected chi connectivity index (χ3v) is 4.25. The van der Waals surface area contributed by atoms with Crippen LogP contribution in [0.4, 0.5) is 5.69 Å². The second kappa shape index (κ2) is 5.96. The molecule has 0 aliphatic carbocycles. The number of nitrogens with zero attached hydrogens (tertiary/aromatic N) is 1. The van der Waals surface area contributed by atoms with Crippen molar-refractivity contribution in [1.29, 1.82) is 0 Å². The zero-order chi connectivity index (χ0) is 16.4. The number of esters is 1. The molecule has 2 aliphatic rings. The first-order valence-electron chi connectivity index (χ1n) is 7.52. The van der Waals surface area contributed by atoms with Crippen molar-refractivity contribution in [3.05, 3.63) is 42.0 Å². The van der Waals surface area contributed by atoms with Crippen LogP contribution in [0.15, 0.2) is 36.4 Å². The first-order chi connectivity index (χ1) is 11.0. The maximum Gasteiger partial charge on any atom is 0.338 e. The summed E-state index contributed by atoms with van der Waals surface area (Å²) in [5, 5.41) is 0. The Morgan fingerprint density at radius 2 is 1.83 bits per heavy atom. The number of hydrogen-bond acceptors (Lipinski definition) is 5. The molecule has 1 aromatic carbocycles. The van der Waals surface area contributed by atoms with Crippen molar-refractivity contribution in [2.45, 2.75) is 25.4 Å². The molecular formula is C17H17NO5. The summed E-state index contributed by atoms with van der Waals surface area (Å²) >= 11 is 0. The van der Waals surface area contributed by atoms with Crippen LogP contribution in [0.25, 0.3) is 0 Å². The molecule has 0 radical (unpaired) electrons. The Morgan fingerprint density at radius 1 is 1.22 bits per heavy atom. The zero-order valence-corrected chi connectivity index (χ0v) is 12.8. The summed E-state index contributed by atoms with van der Waals surface area (Å²) in [6, 6.07) is 6.18. The molecule has 2 aliphatic heterocycles. The van der Waals surface area contributed by atoms with Crippen LogP contribution in [0.1, 0.15) is 30.1 Å². The summed E-state index contributed by atoms with van der Waals surface area (Å²) in [4.78, 5) is 36.3. The van der Waals surface area contributed by atoms with Crippen molar-refractivity contribution < 1.29 is 23.9 Å². The van der Waals surface area contributed by atoms with Crippen LogP contribution < -0.4 is 4.90 Å². The summed E-state index contributed by atoms with van der Waals surface area (Å²) in [7, 11) is 0. The lowest BCUT2D eigenvalue weighted by atomic mass is 9.93. The first-order valence-corrected chi connectivity index (χ1v) is 7.52. The minimum absolute atomic E-state index is 0.233. The molecule has 1 aromatic rings. The fourth-order valence-electron chi connectivity index (χ4n) is 2.57. The Morgan fingerprint density at radius 3 is 2.30 bits per heavy atom. The SMILES string of the molecule is CCC1(COC(=O)c2ccc(N3C(=O)C=CC3=O)cc2)CCO1. The van der Waals surface area contributed by atoms with Gasteiger partial charge in [-0.05, 0) is 30.7 Å². The van der Waals surface area contributed by atoms with Gasteiger partial charge in [-0.1, -0.05) is 6.92 Å². The van der Waals surface area contributed by atoms with Gasteiger partial charge in [0.15, 0.2) is 0 Å². The number of benzene rings is 1. The average Bonchev–Trinajstić information content (AvgIpc) is 2.85. The number of anilines is 1. The van der Waals surface area contributed by atoms with Crippen LogP contribution >= 0.6 is 0 Å². The van der Waals surface area contributed by atoms with Gasteiger partial charge in [0, 0.05) is 18.6 Å². The molecule has 3 rings (SSSR count). The van der Waals surface area contributed by atoms with Crippen molar-refractivity contribution in [3.63, 3.8) is 0 Å². The van der Waals surface area contributed by atoms with Gasteiger partial charge in [0.1, 0.15) is 12.2 Å². The largest absolute Gasteiger partial charge is 0.459 e. The van der Waals surface area contributed by atoms with Gasteiger partial charge in [-0.15, -0.1) is 0 Å². The summed E-state index contributed by atoms with van der Waals surface area (Å²) in [6.45, 7) is 2.93. The molecule has 1 saturated heterocycles.